The fourth-order valence-corrected chi connectivity index (χ4v) is 6.73. The standard InChI is InChI=1S/C42H42F4N8O6/c1-26(55)50-36-22-30(29-6-4-5-28(19-29)23-42(44,45)46)24-49-38(36)40(58)48-12-18-60-17-11-47-25-37(56)53-13-15-54(16-14-53)41(59)33-20-27(9-10-34(33)43)21-35-31-7-2-3-8-32(31)39(57)52-51-35/h2-10,19-20,22,24,47H,11-18,21,23,25H2,1H3,(H,48,58)(H,50,55)(H,52,57). The maximum absolute atomic E-state index is 14.9. The van der Waals surface area contributed by atoms with Crippen LogP contribution in [0.5, 0.6) is 0 Å². The SMILES string of the molecule is CC(=O)Nc1cc(-c2cccc(CC(F)(F)F)c2)cnc1C(=O)NCCOCCNCC(=O)N1CCN(C(=O)c2cc(Cc3n[nH]c(=O)c4ccccc34)ccc2F)CC1. The molecule has 18 heteroatoms. The second kappa shape index (κ2) is 19.5. The Hall–Kier alpha value is -6.53. The molecule has 5 aromatic rings. The lowest BCUT2D eigenvalue weighted by Gasteiger charge is -2.35. The molecule has 4 amide bonds. The van der Waals surface area contributed by atoms with Crippen molar-refractivity contribution < 1.29 is 41.5 Å². The molecule has 0 bridgehead atoms. The highest BCUT2D eigenvalue weighted by molar-refractivity contribution is 6.02. The molecule has 0 radical (unpaired) electrons. The Kier molecular flexibility index (Phi) is 14.0. The molecule has 1 saturated heterocycles. The number of fused-ring (bicyclic) bond motifs is 1. The van der Waals surface area contributed by atoms with Gasteiger partial charge < -0.3 is 30.5 Å². The van der Waals surface area contributed by atoms with Crippen LogP contribution in [0.25, 0.3) is 21.9 Å². The molecule has 1 aliphatic rings. The van der Waals surface area contributed by atoms with Gasteiger partial charge in [-0.25, -0.2) is 14.5 Å². The van der Waals surface area contributed by atoms with Gasteiger partial charge in [-0.2, -0.15) is 18.3 Å². The zero-order valence-electron chi connectivity index (χ0n) is 32.5. The second-order valence-corrected chi connectivity index (χ2v) is 14.0. The first-order chi connectivity index (χ1) is 28.8. The minimum atomic E-state index is -4.38. The van der Waals surface area contributed by atoms with E-state index in [4.69, 9.17) is 4.74 Å². The van der Waals surface area contributed by atoms with E-state index in [9.17, 15) is 41.5 Å². The van der Waals surface area contributed by atoms with Crippen LogP contribution in [0, 0.1) is 5.82 Å². The van der Waals surface area contributed by atoms with Crippen molar-refractivity contribution in [3.63, 3.8) is 0 Å². The van der Waals surface area contributed by atoms with E-state index in [2.05, 4.69) is 31.1 Å². The molecule has 6 rings (SSSR count). The molecule has 3 heterocycles. The van der Waals surface area contributed by atoms with Gasteiger partial charge in [0.1, 0.15) is 5.82 Å². The number of nitrogens with zero attached hydrogens (tertiary/aromatic N) is 4. The van der Waals surface area contributed by atoms with E-state index in [0.29, 0.717) is 39.7 Å². The van der Waals surface area contributed by atoms with Crippen LogP contribution < -0.4 is 21.5 Å². The third-order valence-electron chi connectivity index (χ3n) is 9.64. The number of amides is 4. The van der Waals surface area contributed by atoms with Crippen molar-refractivity contribution in [3.05, 3.63) is 123 Å². The van der Waals surface area contributed by atoms with E-state index >= 15 is 0 Å². The van der Waals surface area contributed by atoms with Crippen molar-refractivity contribution >= 4 is 40.1 Å². The maximum Gasteiger partial charge on any atom is 0.393 e. The number of carbonyl (C=O) groups is 4. The largest absolute Gasteiger partial charge is 0.393 e. The van der Waals surface area contributed by atoms with Gasteiger partial charge in [-0.15, -0.1) is 0 Å². The smallest absolute Gasteiger partial charge is 0.378 e. The molecule has 60 heavy (non-hydrogen) atoms. The number of hydrogen-bond acceptors (Lipinski definition) is 9. The predicted molar refractivity (Wildman–Crippen MR) is 214 cm³/mol. The quantitative estimate of drug-likeness (QED) is 0.0894. The molecule has 0 saturated carbocycles. The summed E-state index contributed by atoms with van der Waals surface area (Å²) in [5, 5.41) is 16.0. The van der Waals surface area contributed by atoms with Gasteiger partial charge in [0.2, 0.25) is 11.8 Å². The summed E-state index contributed by atoms with van der Waals surface area (Å²) in [6, 6.07) is 18.6. The zero-order valence-corrected chi connectivity index (χ0v) is 32.5. The van der Waals surface area contributed by atoms with Gasteiger partial charge in [0.05, 0.1) is 48.5 Å². The monoisotopic (exact) mass is 830 g/mol. The summed E-state index contributed by atoms with van der Waals surface area (Å²) in [5.41, 5.74) is 1.74. The average molecular weight is 831 g/mol. The number of aromatic amines is 1. The summed E-state index contributed by atoms with van der Waals surface area (Å²) in [7, 11) is 0. The van der Waals surface area contributed by atoms with E-state index in [1.807, 2.05) is 0 Å². The van der Waals surface area contributed by atoms with Gasteiger partial charge in [-0.05, 0) is 41.0 Å². The number of pyridine rings is 1. The number of halogens is 4. The number of rotatable bonds is 15. The number of benzene rings is 3. The van der Waals surface area contributed by atoms with Crippen molar-refractivity contribution in [2.24, 2.45) is 0 Å². The highest BCUT2D eigenvalue weighted by atomic mass is 19.4. The number of nitrogens with one attached hydrogen (secondary N) is 4. The van der Waals surface area contributed by atoms with Gasteiger partial charge in [0.15, 0.2) is 5.69 Å². The van der Waals surface area contributed by atoms with Gasteiger partial charge >= 0.3 is 6.18 Å². The summed E-state index contributed by atoms with van der Waals surface area (Å²) < 4.78 is 59.2. The first-order valence-corrected chi connectivity index (χ1v) is 19.1. The maximum atomic E-state index is 14.9. The molecule has 0 atom stereocenters. The Bertz CT molecular complexity index is 2430. The predicted octanol–water partition coefficient (Wildman–Crippen LogP) is 4.10. The van der Waals surface area contributed by atoms with Gasteiger partial charge in [-0.3, -0.25) is 24.0 Å². The second-order valence-electron chi connectivity index (χ2n) is 14.0. The van der Waals surface area contributed by atoms with Crippen molar-refractivity contribution in [1.29, 1.82) is 0 Å². The lowest BCUT2D eigenvalue weighted by molar-refractivity contribution is -0.131. The van der Waals surface area contributed by atoms with Crippen LogP contribution >= 0.6 is 0 Å². The Labute approximate surface area is 341 Å². The molecule has 1 aliphatic heterocycles. The fourth-order valence-electron chi connectivity index (χ4n) is 6.73. The molecular weight excluding hydrogens is 789 g/mol. The van der Waals surface area contributed by atoms with Crippen molar-refractivity contribution in [3.8, 4) is 11.1 Å². The van der Waals surface area contributed by atoms with Crippen LogP contribution in [-0.2, 0) is 27.2 Å². The number of anilines is 1. The first-order valence-electron chi connectivity index (χ1n) is 19.1. The Morgan fingerprint density at radius 1 is 0.850 bits per heavy atom. The highest BCUT2D eigenvalue weighted by Gasteiger charge is 2.28. The number of piperazine rings is 1. The van der Waals surface area contributed by atoms with E-state index < -0.39 is 36.1 Å². The van der Waals surface area contributed by atoms with Gasteiger partial charge in [-0.1, -0.05) is 48.5 Å². The molecule has 14 nitrogen and oxygen atoms in total. The molecule has 3 aromatic carbocycles. The molecule has 0 unspecified atom stereocenters. The number of ether oxygens (including phenoxy) is 1. The van der Waals surface area contributed by atoms with Crippen LogP contribution in [-0.4, -0.2) is 114 Å². The normalized spacial score (nSPS) is 13.0. The Morgan fingerprint density at radius 3 is 2.33 bits per heavy atom. The molecule has 4 N–H and O–H groups in total. The third kappa shape index (κ3) is 11.4. The third-order valence-corrected chi connectivity index (χ3v) is 9.64. The van der Waals surface area contributed by atoms with Crippen LogP contribution in [0.3, 0.4) is 0 Å². The fraction of sp³-hybridized carbons (Fsp3) is 0.310. The number of aromatic nitrogens is 3. The summed E-state index contributed by atoms with van der Waals surface area (Å²) in [6.07, 6.45) is -3.87. The number of H-pyrrole nitrogens is 1. The Balaban J connectivity index is 0.900. The molecule has 314 valence electrons. The van der Waals surface area contributed by atoms with E-state index in [1.165, 1.54) is 54.4 Å². The van der Waals surface area contributed by atoms with Crippen LogP contribution in [0.2, 0.25) is 0 Å². The summed E-state index contributed by atoms with van der Waals surface area (Å²) in [5.74, 6) is -2.39. The van der Waals surface area contributed by atoms with Crippen LogP contribution in [0.4, 0.5) is 23.2 Å². The van der Waals surface area contributed by atoms with Gasteiger partial charge in [0.25, 0.3) is 17.4 Å². The summed E-state index contributed by atoms with van der Waals surface area (Å²) in [6.45, 7) is 3.05. The number of carbonyl (C=O) groups excluding carboxylic acids is 4. The van der Waals surface area contributed by atoms with E-state index in [-0.39, 0.29) is 92.9 Å². The van der Waals surface area contributed by atoms with Crippen molar-refractivity contribution in [2.45, 2.75) is 25.9 Å². The molecule has 0 spiro atoms. The van der Waals surface area contributed by atoms with Crippen LogP contribution in [0.15, 0.2) is 83.8 Å². The lowest BCUT2D eigenvalue weighted by atomic mass is 10.0. The molecule has 0 aliphatic carbocycles. The number of alkyl halides is 3. The minimum Gasteiger partial charge on any atom is -0.378 e. The van der Waals surface area contributed by atoms with Gasteiger partial charge in [0, 0.05) is 69.8 Å². The van der Waals surface area contributed by atoms with Crippen LogP contribution in [0.1, 0.15) is 44.6 Å². The topological polar surface area (TPSA) is 179 Å². The zero-order chi connectivity index (χ0) is 42.8. The minimum absolute atomic E-state index is 0.0262. The average Bonchev–Trinajstić information content (AvgIpc) is 3.22. The Morgan fingerprint density at radius 2 is 1.58 bits per heavy atom. The molecule has 1 fully saturated rings. The first kappa shape index (κ1) is 43.1. The summed E-state index contributed by atoms with van der Waals surface area (Å²) >= 11 is 0. The van der Waals surface area contributed by atoms with Crippen molar-refractivity contribution in [2.75, 3.05) is 64.3 Å². The van der Waals surface area contributed by atoms with E-state index in [0.717, 1.165) is 0 Å². The van der Waals surface area contributed by atoms with E-state index in [1.54, 1.807) is 41.3 Å². The molecule has 2 aromatic heterocycles. The molecular formula is C42H42F4N8O6. The highest BCUT2D eigenvalue weighted by Crippen LogP contribution is 2.28. The lowest BCUT2D eigenvalue weighted by Crippen LogP contribution is -2.52. The number of hydrogen-bond donors (Lipinski definition) is 4. The van der Waals surface area contributed by atoms with Crippen molar-refractivity contribution in [1.82, 2.24) is 35.6 Å². The summed E-state index contributed by atoms with van der Waals surface area (Å²) in [4.78, 5) is 70.5.